The van der Waals surface area contributed by atoms with E-state index in [2.05, 4.69) is 15.3 Å². The van der Waals surface area contributed by atoms with Gasteiger partial charge in [0.1, 0.15) is 4.32 Å². The highest BCUT2D eigenvalue weighted by atomic mass is 32.2. The molecule has 0 saturated heterocycles. The summed E-state index contributed by atoms with van der Waals surface area (Å²) < 4.78 is 0.712. The van der Waals surface area contributed by atoms with Gasteiger partial charge >= 0.3 is 0 Å². The Morgan fingerprint density at radius 3 is 3.00 bits per heavy atom. The van der Waals surface area contributed by atoms with E-state index in [1.54, 1.807) is 0 Å². The SMILES string of the molecule is CSC(=S)Nc1nc2ccccc2[nH]1. The summed E-state index contributed by atoms with van der Waals surface area (Å²) in [6.45, 7) is 0. The highest BCUT2D eigenvalue weighted by molar-refractivity contribution is 8.22. The van der Waals surface area contributed by atoms with Crippen LogP contribution in [-0.2, 0) is 0 Å². The number of rotatable bonds is 1. The van der Waals surface area contributed by atoms with Gasteiger partial charge in [0.25, 0.3) is 0 Å². The minimum Gasteiger partial charge on any atom is -0.324 e. The number of hydrogen-bond donors (Lipinski definition) is 2. The van der Waals surface area contributed by atoms with Crippen LogP contribution in [0, 0.1) is 0 Å². The fourth-order valence-electron chi connectivity index (χ4n) is 1.16. The molecule has 2 aromatic rings. The molecule has 2 N–H and O–H groups in total. The molecule has 0 aliphatic heterocycles. The zero-order chi connectivity index (χ0) is 9.97. The van der Waals surface area contributed by atoms with Crippen LogP contribution < -0.4 is 5.32 Å². The van der Waals surface area contributed by atoms with E-state index in [9.17, 15) is 0 Å². The van der Waals surface area contributed by atoms with Crippen molar-refractivity contribution in [2.24, 2.45) is 0 Å². The van der Waals surface area contributed by atoms with E-state index in [1.165, 1.54) is 11.8 Å². The molecule has 0 aliphatic carbocycles. The topological polar surface area (TPSA) is 40.7 Å². The van der Waals surface area contributed by atoms with Gasteiger partial charge in [0, 0.05) is 0 Å². The van der Waals surface area contributed by atoms with Crippen molar-refractivity contribution in [3.05, 3.63) is 24.3 Å². The van der Waals surface area contributed by atoms with Crippen LogP contribution in [0.3, 0.4) is 0 Å². The summed E-state index contributed by atoms with van der Waals surface area (Å²) in [5.74, 6) is 0.700. The molecule has 0 bridgehead atoms. The summed E-state index contributed by atoms with van der Waals surface area (Å²) in [6.07, 6.45) is 1.93. The lowest BCUT2D eigenvalue weighted by atomic mass is 10.3. The molecule has 14 heavy (non-hydrogen) atoms. The van der Waals surface area contributed by atoms with Gasteiger partial charge in [-0.25, -0.2) is 4.98 Å². The van der Waals surface area contributed by atoms with Gasteiger partial charge in [0.2, 0.25) is 5.95 Å². The Morgan fingerprint density at radius 2 is 2.29 bits per heavy atom. The van der Waals surface area contributed by atoms with Crippen molar-refractivity contribution in [3.8, 4) is 0 Å². The summed E-state index contributed by atoms with van der Waals surface area (Å²) in [4.78, 5) is 7.47. The molecule has 1 aromatic carbocycles. The average Bonchev–Trinajstić information content (AvgIpc) is 2.59. The maximum atomic E-state index is 5.03. The van der Waals surface area contributed by atoms with Gasteiger partial charge in [-0.05, 0) is 18.4 Å². The van der Waals surface area contributed by atoms with Crippen LogP contribution in [0.2, 0.25) is 0 Å². The first-order chi connectivity index (χ1) is 6.79. The van der Waals surface area contributed by atoms with Crippen LogP contribution in [-0.4, -0.2) is 20.5 Å². The third kappa shape index (κ3) is 1.88. The molecular weight excluding hydrogens is 214 g/mol. The molecule has 0 aliphatic rings. The number of nitrogens with one attached hydrogen (secondary N) is 2. The number of fused-ring (bicyclic) bond motifs is 1. The van der Waals surface area contributed by atoms with E-state index in [-0.39, 0.29) is 0 Å². The minimum absolute atomic E-state index is 0.700. The number of thiocarbonyl (C=S) groups is 1. The largest absolute Gasteiger partial charge is 0.324 e. The van der Waals surface area contributed by atoms with E-state index in [4.69, 9.17) is 12.2 Å². The van der Waals surface area contributed by atoms with Crippen LogP contribution in [0.5, 0.6) is 0 Å². The predicted molar refractivity (Wildman–Crippen MR) is 65.8 cm³/mol. The van der Waals surface area contributed by atoms with Gasteiger partial charge in [-0.2, -0.15) is 0 Å². The Morgan fingerprint density at radius 1 is 1.50 bits per heavy atom. The van der Waals surface area contributed by atoms with Gasteiger partial charge in [0.15, 0.2) is 0 Å². The number of imidazole rings is 1. The first kappa shape index (κ1) is 9.48. The summed E-state index contributed by atoms with van der Waals surface area (Å²) in [7, 11) is 0. The quantitative estimate of drug-likeness (QED) is 0.729. The van der Waals surface area contributed by atoms with Gasteiger partial charge < -0.3 is 10.3 Å². The third-order valence-electron chi connectivity index (χ3n) is 1.80. The smallest absolute Gasteiger partial charge is 0.206 e. The van der Waals surface area contributed by atoms with Crippen LogP contribution in [0.25, 0.3) is 11.0 Å². The number of hydrogen-bond acceptors (Lipinski definition) is 3. The molecule has 5 heteroatoms. The normalized spacial score (nSPS) is 10.4. The van der Waals surface area contributed by atoms with Gasteiger partial charge in [-0.3, -0.25) is 0 Å². The van der Waals surface area contributed by atoms with E-state index in [0.717, 1.165) is 11.0 Å². The number of benzene rings is 1. The van der Waals surface area contributed by atoms with Crippen LogP contribution >= 0.6 is 24.0 Å². The van der Waals surface area contributed by atoms with E-state index < -0.39 is 0 Å². The lowest BCUT2D eigenvalue weighted by Gasteiger charge is -1.98. The van der Waals surface area contributed by atoms with Crippen molar-refractivity contribution in [3.63, 3.8) is 0 Å². The summed E-state index contributed by atoms with van der Waals surface area (Å²) in [6, 6.07) is 7.87. The van der Waals surface area contributed by atoms with E-state index >= 15 is 0 Å². The molecule has 0 amide bonds. The summed E-state index contributed by atoms with van der Waals surface area (Å²) >= 11 is 6.52. The monoisotopic (exact) mass is 223 g/mol. The Hall–Kier alpha value is -1.07. The number of nitrogens with zero attached hydrogens (tertiary/aromatic N) is 1. The number of thioether (sulfide) groups is 1. The van der Waals surface area contributed by atoms with Crippen molar-refractivity contribution >= 4 is 45.3 Å². The van der Waals surface area contributed by atoms with Gasteiger partial charge in [-0.15, -0.1) is 11.8 Å². The lowest BCUT2D eigenvalue weighted by molar-refractivity contribution is 1.34. The Balaban J connectivity index is 2.31. The standard InChI is InChI=1S/C9H9N3S2/c1-14-9(13)12-8-10-6-4-2-3-5-7(6)11-8/h2-5H,1H3,(H2,10,11,12,13). The molecule has 0 radical (unpaired) electrons. The Kier molecular flexibility index (Phi) is 2.69. The van der Waals surface area contributed by atoms with Gasteiger partial charge in [-0.1, -0.05) is 24.4 Å². The number of anilines is 1. The Labute approximate surface area is 91.3 Å². The average molecular weight is 223 g/mol. The predicted octanol–water partition coefficient (Wildman–Crippen LogP) is 2.62. The zero-order valence-corrected chi connectivity index (χ0v) is 9.21. The molecule has 3 nitrogen and oxygen atoms in total. The molecule has 0 atom stereocenters. The van der Waals surface area contributed by atoms with Crippen molar-refractivity contribution in [1.82, 2.24) is 9.97 Å². The molecule has 1 aromatic heterocycles. The number of para-hydroxylation sites is 2. The molecule has 72 valence electrons. The molecule has 1 heterocycles. The second-order valence-corrected chi connectivity index (χ2v) is 4.20. The molecule has 0 fully saturated rings. The second kappa shape index (κ2) is 3.98. The minimum atomic E-state index is 0.700. The second-order valence-electron chi connectivity index (χ2n) is 2.72. The number of H-pyrrole nitrogens is 1. The van der Waals surface area contributed by atoms with Crippen molar-refractivity contribution in [2.75, 3.05) is 11.6 Å². The summed E-state index contributed by atoms with van der Waals surface area (Å²) in [5, 5.41) is 3.01. The van der Waals surface area contributed by atoms with Gasteiger partial charge in [0.05, 0.1) is 11.0 Å². The van der Waals surface area contributed by atoms with Crippen LogP contribution in [0.4, 0.5) is 5.95 Å². The molecule has 0 saturated carbocycles. The zero-order valence-electron chi connectivity index (χ0n) is 7.57. The first-order valence-electron chi connectivity index (χ1n) is 4.09. The first-order valence-corrected chi connectivity index (χ1v) is 5.72. The van der Waals surface area contributed by atoms with Crippen LogP contribution in [0.15, 0.2) is 24.3 Å². The van der Waals surface area contributed by atoms with E-state index in [1.807, 2.05) is 30.5 Å². The van der Waals surface area contributed by atoms with Crippen molar-refractivity contribution in [1.29, 1.82) is 0 Å². The lowest BCUT2D eigenvalue weighted by Crippen LogP contribution is -2.04. The fourth-order valence-corrected chi connectivity index (χ4v) is 1.46. The highest BCUT2D eigenvalue weighted by Gasteiger charge is 2.02. The number of aromatic amines is 1. The van der Waals surface area contributed by atoms with E-state index in [0.29, 0.717) is 10.3 Å². The van der Waals surface area contributed by atoms with Crippen molar-refractivity contribution < 1.29 is 0 Å². The summed E-state index contributed by atoms with van der Waals surface area (Å²) in [5.41, 5.74) is 1.96. The Bertz CT molecular complexity index is 431. The number of aromatic nitrogens is 2. The maximum absolute atomic E-state index is 5.03. The highest BCUT2D eigenvalue weighted by Crippen LogP contribution is 2.14. The van der Waals surface area contributed by atoms with Crippen molar-refractivity contribution in [2.45, 2.75) is 0 Å². The molecular formula is C9H9N3S2. The molecule has 0 unspecified atom stereocenters. The fraction of sp³-hybridized carbons (Fsp3) is 0.111. The van der Waals surface area contributed by atoms with Crippen LogP contribution in [0.1, 0.15) is 0 Å². The molecule has 0 spiro atoms. The third-order valence-corrected chi connectivity index (χ3v) is 2.87. The maximum Gasteiger partial charge on any atom is 0.206 e. The molecule has 2 rings (SSSR count).